The monoisotopic (exact) mass is 409 g/mol. The van der Waals surface area contributed by atoms with Gasteiger partial charge in [-0.25, -0.2) is 0 Å². The topological polar surface area (TPSA) is 48.0 Å². The quantitative estimate of drug-likeness (QED) is 0.564. The summed E-state index contributed by atoms with van der Waals surface area (Å²) in [7, 11) is 1.62. The molecule has 0 radical (unpaired) electrons. The summed E-state index contributed by atoms with van der Waals surface area (Å²) in [6.07, 6.45) is 3.80. The molecule has 5 heteroatoms. The van der Waals surface area contributed by atoms with Crippen molar-refractivity contribution in [2.45, 2.75) is 39.3 Å². The molecule has 1 aliphatic heterocycles. The molecular weight excluding hydrogens is 378 g/mol. The molecule has 2 aromatic carbocycles. The van der Waals surface area contributed by atoms with E-state index in [9.17, 15) is 4.79 Å². The minimum absolute atomic E-state index is 0.0169. The van der Waals surface area contributed by atoms with Crippen LogP contribution < -0.4 is 9.47 Å². The molecule has 1 heterocycles. The van der Waals surface area contributed by atoms with Crippen LogP contribution >= 0.6 is 0 Å². The molecule has 3 rings (SSSR count). The fourth-order valence-corrected chi connectivity index (χ4v) is 3.83. The van der Waals surface area contributed by atoms with E-state index in [4.69, 9.17) is 14.2 Å². The van der Waals surface area contributed by atoms with Crippen LogP contribution in [-0.4, -0.2) is 43.8 Å². The second-order valence-electron chi connectivity index (χ2n) is 7.78. The van der Waals surface area contributed by atoms with Crippen LogP contribution in [0.5, 0.6) is 11.5 Å². The zero-order valence-electron chi connectivity index (χ0n) is 18.1. The molecule has 0 bridgehead atoms. The summed E-state index contributed by atoms with van der Waals surface area (Å²) in [5, 5.41) is 0. The first-order valence-electron chi connectivity index (χ1n) is 10.4. The number of rotatable bonds is 9. The summed E-state index contributed by atoms with van der Waals surface area (Å²) in [6.45, 7) is 9.93. The molecule has 0 aliphatic carbocycles. The number of hydrogen-bond acceptors (Lipinski definition) is 4. The molecule has 1 aliphatic rings. The van der Waals surface area contributed by atoms with Gasteiger partial charge in [0.25, 0.3) is 5.91 Å². The highest BCUT2D eigenvalue weighted by molar-refractivity contribution is 5.94. The van der Waals surface area contributed by atoms with E-state index >= 15 is 0 Å². The van der Waals surface area contributed by atoms with Gasteiger partial charge in [-0.2, -0.15) is 0 Å². The van der Waals surface area contributed by atoms with Crippen molar-refractivity contribution in [2.24, 2.45) is 0 Å². The van der Waals surface area contributed by atoms with Gasteiger partial charge in [-0.05, 0) is 56.5 Å². The smallest absolute Gasteiger partial charge is 0.254 e. The van der Waals surface area contributed by atoms with Crippen molar-refractivity contribution in [3.8, 4) is 11.5 Å². The van der Waals surface area contributed by atoms with Crippen molar-refractivity contribution in [2.75, 3.05) is 26.9 Å². The van der Waals surface area contributed by atoms with Gasteiger partial charge in [0.2, 0.25) is 0 Å². The number of carbonyl (C=O) groups excluding carboxylic acids is 1. The Hall–Kier alpha value is -2.79. The lowest BCUT2D eigenvalue weighted by Crippen LogP contribution is -2.37. The zero-order chi connectivity index (χ0) is 21.5. The Bertz CT molecular complexity index is 866. The predicted molar refractivity (Wildman–Crippen MR) is 118 cm³/mol. The Labute approximate surface area is 179 Å². The van der Waals surface area contributed by atoms with Gasteiger partial charge in [0.05, 0.1) is 13.2 Å². The average molecular weight is 410 g/mol. The lowest BCUT2D eigenvalue weighted by molar-refractivity contribution is 0.0507. The molecule has 1 fully saturated rings. The fourth-order valence-electron chi connectivity index (χ4n) is 3.83. The minimum Gasteiger partial charge on any atom is -0.493 e. The highest BCUT2D eigenvalue weighted by Crippen LogP contribution is 2.29. The maximum Gasteiger partial charge on any atom is 0.254 e. The van der Waals surface area contributed by atoms with Crippen LogP contribution in [0.25, 0.3) is 0 Å². The standard InChI is InChI=1S/C25H31NO4/c1-5-10-30-23-9-8-20(15-24(23)28-4)16-26(17-22-7-6-11-29-22)25(27)21-13-18(2)12-19(3)14-21/h5,8-9,12-15,22H,1,6-7,10-11,16-17H2,2-4H3/t22-/m1/s1. The average Bonchev–Trinajstić information content (AvgIpc) is 3.24. The molecule has 5 nitrogen and oxygen atoms in total. The molecule has 30 heavy (non-hydrogen) atoms. The van der Waals surface area contributed by atoms with Gasteiger partial charge >= 0.3 is 0 Å². The molecule has 1 saturated heterocycles. The molecule has 1 atom stereocenters. The van der Waals surface area contributed by atoms with Gasteiger partial charge in [0.1, 0.15) is 6.61 Å². The number of ether oxygens (including phenoxy) is 3. The number of carbonyl (C=O) groups is 1. The molecular formula is C25H31NO4. The Kier molecular flexibility index (Phi) is 7.52. The number of hydrogen-bond donors (Lipinski definition) is 0. The third kappa shape index (κ3) is 5.63. The van der Waals surface area contributed by atoms with Crippen molar-refractivity contribution >= 4 is 5.91 Å². The SMILES string of the molecule is C=CCOc1ccc(CN(C[C@H]2CCCO2)C(=O)c2cc(C)cc(C)c2)cc1OC. The second-order valence-corrected chi connectivity index (χ2v) is 7.78. The number of benzene rings is 2. The largest absolute Gasteiger partial charge is 0.493 e. The van der Waals surface area contributed by atoms with Crippen molar-refractivity contribution in [3.05, 3.63) is 71.3 Å². The van der Waals surface area contributed by atoms with E-state index in [1.165, 1.54) is 0 Å². The summed E-state index contributed by atoms with van der Waals surface area (Å²) < 4.78 is 16.9. The van der Waals surface area contributed by atoms with Gasteiger partial charge in [0.15, 0.2) is 11.5 Å². The van der Waals surface area contributed by atoms with Gasteiger partial charge < -0.3 is 19.1 Å². The maximum atomic E-state index is 13.4. The van der Waals surface area contributed by atoms with Gasteiger partial charge in [-0.15, -0.1) is 0 Å². The van der Waals surface area contributed by atoms with Crippen LogP contribution in [0.1, 0.15) is 39.9 Å². The van der Waals surface area contributed by atoms with Crippen LogP contribution in [0, 0.1) is 13.8 Å². The first-order chi connectivity index (χ1) is 14.5. The molecule has 0 unspecified atom stereocenters. The van der Waals surface area contributed by atoms with Gasteiger partial charge in [-0.1, -0.05) is 35.9 Å². The first-order valence-corrected chi connectivity index (χ1v) is 10.4. The van der Waals surface area contributed by atoms with Crippen LogP contribution in [0.2, 0.25) is 0 Å². The third-order valence-electron chi connectivity index (χ3n) is 5.16. The van der Waals surface area contributed by atoms with E-state index in [2.05, 4.69) is 12.6 Å². The molecule has 1 amide bonds. The number of methoxy groups -OCH3 is 1. The van der Waals surface area contributed by atoms with Crippen LogP contribution in [-0.2, 0) is 11.3 Å². The molecule has 0 N–H and O–H groups in total. The van der Waals surface area contributed by atoms with Gasteiger partial charge in [-0.3, -0.25) is 4.79 Å². The summed E-state index contributed by atoms with van der Waals surface area (Å²) in [5.41, 5.74) is 3.86. The Morgan fingerprint density at radius 2 is 1.97 bits per heavy atom. The third-order valence-corrected chi connectivity index (χ3v) is 5.16. The highest BCUT2D eigenvalue weighted by Gasteiger charge is 2.24. The predicted octanol–water partition coefficient (Wildman–Crippen LogP) is 4.70. The van der Waals surface area contributed by atoms with Crippen molar-refractivity contribution in [1.82, 2.24) is 4.90 Å². The lowest BCUT2D eigenvalue weighted by Gasteiger charge is -2.26. The molecule has 160 valence electrons. The summed E-state index contributed by atoms with van der Waals surface area (Å²) >= 11 is 0. The summed E-state index contributed by atoms with van der Waals surface area (Å²) in [5.74, 6) is 1.32. The molecule has 0 spiro atoms. The molecule has 2 aromatic rings. The van der Waals surface area contributed by atoms with Crippen molar-refractivity contribution in [1.29, 1.82) is 0 Å². The van der Waals surface area contributed by atoms with Gasteiger partial charge in [0, 0.05) is 25.3 Å². The minimum atomic E-state index is 0.0169. The van der Waals surface area contributed by atoms with E-state index in [0.717, 1.165) is 36.1 Å². The highest BCUT2D eigenvalue weighted by atomic mass is 16.5. The zero-order valence-corrected chi connectivity index (χ0v) is 18.1. The molecule has 0 saturated carbocycles. The van der Waals surface area contributed by atoms with E-state index in [1.54, 1.807) is 13.2 Å². The normalized spacial score (nSPS) is 15.6. The Morgan fingerprint density at radius 1 is 1.20 bits per heavy atom. The van der Waals surface area contributed by atoms with Crippen molar-refractivity contribution in [3.63, 3.8) is 0 Å². The number of nitrogens with zero attached hydrogens (tertiary/aromatic N) is 1. The fraction of sp³-hybridized carbons (Fsp3) is 0.400. The first kappa shape index (κ1) is 21.9. The Balaban J connectivity index is 1.84. The second kappa shape index (κ2) is 10.3. The summed E-state index contributed by atoms with van der Waals surface area (Å²) in [4.78, 5) is 15.3. The van der Waals surface area contributed by atoms with Crippen LogP contribution in [0.3, 0.4) is 0 Å². The van der Waals surface area contributed by atoms with Crippen molar-refractivity contribution < 1.29 is 19.0 Å². The van der Waals surface area contributed by atoms with E-state index in [1.807, 2.05) is 49.1 Å². The summed E-state index contributed by atoms with van der Waals surface area (Å²) in [6, 6.07) is 11.8. The van der Waals surface area contributed by atoms with E-state index in [0.29, 0.717) is 36.8 Å². The number of amides is 1. The Morgan fingerprint density at radius 3 is 2.60 bits per heavy atom. The van der Waals surface area contributed by atoms with Crippen LogP contribution in [0.15, 0.2) is 49.1 Å². The van der Waals surface area contributed by atoms with Crippen LogP contribution in [0.4, 0.5) is 0 Å². The lowest BCUT2D eigenvalue weighted by atomic mass is 10.1. The maximum absolute atomic E-state index is 13.4. The van der Waals surface area contributed by atoms with E-state index < -0.39 is 0 Å². The molecule has 0 aromatic heterocycles. The number of aryl methyl sites for hydroxylation is 2. The van der Waals surface area contributed by atoms with E-state index in [-0.39, 0.29) is 12.0 Å².